The molecule has 0 N–H and O–H groups in total. The minimum atomic E-state index is 0.676. The summed E-state index contributed by atoms with van der Waals surface area (Å²) in [6, 6.07) is 58.8. The van der Waals surface area contributed by atoms with Crippen LogP contribution >= 0.6 is 0 Å². The quantitative estimate of drug-likeness (QED) is 0.191. The van der Waals surface area contributed by atoms with Crippen LogP contribution in [0.15, 0.2) is 170 Å². The lowest BCUT2D eigenvalue weighted by molar-refractivity contribution is 1.09. The molecule has 4 aromatic heterocycles. The van der Waals surface area contributed by atoms with E-state index in [0.717, 1.165) is 78.3 Å². The molecule has 6 nitrogen and oxygen atoms in total. The number of aromatic nitrogens is 6. The number of para-hydroxylation sites is 4. The van der Waals surface area contributed by atoms with Gasteiger partial charge in [0.05, 0.1) is 27.9 Å². The maximum Gasteiger partial charge on any atom is 0.221 e. The van der Waals surface area contributed by atoms with Gasteiger partial charge >= 0.3 is 0 Å². The van der Waals surface area contributed by atoms with Gasteiger partial charge in [0.15, 0.2) is 11.5 Å². The van der Waals surface area contributed by atoms with E-state index in [0.29, 0.717) is 5.82 Å². The van der Waals surface area contributed by atoms with E-state index in [1.165, 1.54) is 0 Å². The van der Waals surface area contributed by atoms with E-state index in [2.05, 4.69) is 141 Å². The average molecular weight is 629 g/mol. The minimum Gasteiger partial charge on any atom is -0.294 e. The van der Waals surface area contributed by atoms with Crippen LogP contribution in [0.25, 0.3) is 84.2 Å². The maximum absolute atomic E-state index is 5.18. The summed E-state index contributed by atoms with van der Waals surface area (Å²) in [5.41, 5.74) is 12.2. The lowest BCUT2D eigenvalue weighted by atomic mass is 10.1. The van der Waals surface area contributed by atoms with Crippen LogP contribution in [0.2, 0.25) is 0 Å². The zero-order chi connectivity index (χ0) is 32.3. The van der Waals surface area contributed by atoms with Crippen LogP contribution in [0.1, 0.15) is 0 Å². The molecule has 0 aliphatic heterocycles. The van der Waals surface area contributed by atoms with Crippen molar-refractivity contribution in [3.05, 3.63) is 170 Å². The largest absolute Gasteiger partial charge is 0.294 e. The average Bonchev–Trinajstić information content (AvgIpc) is 3.82. The molecule has 49 heavy (non-hydrogen) atoms. The number of rotatable bonds is 5. The summed E-state index contributed by atoms with van der Waals surface area (Å²) >= 11 is 0. The molecule has 0 aliphatic carbocycles. The van der Waals surface area contributed by atoms with Crippen LogP contribution < -0.4 is 0 Å². The van der Waals surface area contributed by atoms with Crippen LogP contribution in [0.4, 0.5) is 0 Å². The number of fused-ring (bicyclic) bond motifs is 7. The minimum absolute atomic E-state index is 0.676. The molecule has 230 valence electrons. The van der Waals surface area contributed by atoms with E-state index in [1.54, 1.807) is 0 Å². The standard InChI is InChI=1S/C43H28N6/c1-4-15-29(16-5-1)36-28-37(30-17-6-2-7-18-30)45-41(44-36)31-19-14-22-33(27-31)47-38-25-12-10-23-34(38)40-42(47)49-39-26-13-11-24-35(39)46-43(49)48(40)32-20-8-3-9-21-32/h1-28H. The smallest absolute Gasteiger partial charge is 0.221 e. The van der Waals surface area contributed by atoms with Crippen molar-refractivity contribution in [2.24, 2.45) is 0 Å². The Hall–Kier alpha value is -6.79. The second-order valence-corrected chi connectivity index (χ2v) is 12.2. The van der Waals surface area contributed by atoms with Crippen LogP contribution in [0.5, 0.6) is 0 Å². The maximum atomic E-state index is 5.18. The summed E-state index contributed by atoms with van der Waals surface area (Å²) in [5, 5.41) is 1.15. The Balaban J connectivity index is 1.26. The lowest BCUT2D eigenvalue weighted by Crippen LogP contribution is -1.99. The number of hydrogen-bond acceptors (Lipinski definition) is 3. The Bertz CT molecular complexity index is 2750. The molecule has 0 radical (unpaired) electrons. The van der Waals surface area contributed by atoms with Crippen molar-refractivity contribution in [3.63, 3.8) is 0 Å². The molecule has 0 atom stereocenters. The highest BCUT2D eigenvalue weighted by Gasteiger charge is 2.25. The van der Waals surface area contributed by atoms with Gasteiger partial charge in [0.2, 0.25) is 5.78 Å². The monoisotopic (exact) mass is 628 g/mol. The van der Waals surface area contributed by atoms with Crippen molar-refractivity contribution in [1.82, 2.24) is 28.5 Å². The third kappa shape index (κ3) is 4.31. The van der Waals surface area contributed by atoms with E-state index in [1.807, 2.05) is 42.5 Å². The SMILES string of the molecule is c1ccc(-c2cc(-c3ccccc3)nc(-c3cccc(-n4c5ccccc5c5c4n4c6ccccc6nc4n5-c4ccccc4)c3)n2)cc1. The van der Waals surface area contributed by atoms with Gasteiger partial charge in [0, 0.05) is 33.5 Å². The fourth-order valence-electron chi connectivity index (χ4n) is 7.06. The predicted molar refractivity (Wildman–Crippen MR) is 198 cm³/mol. The van der Waals surface area contributed by atoms with Crippen LogP contribution in [-0.2, 0) is 0 Å². The third-order valence-corrected chi connectivity index (χ3v) is 9.24. The molecule has 0 fully saturated rings. The number of benzene rings is 6. The summed E-state index contributed by atoms with van der Waals surface area (Å²) in [7, 11) is 0. The second-order valence-electron chi connectivity index (χ2n) is 12.2. The lowest BCUT2D eigenvalue weighted by Gasteiger charge is -2.12. The fourth-order valence-corrected chi connectivity index (χ4v) is 7.06. The highest BCUT2D eigenvalue weighted by molar-refractivity contribution is 6.10. The van der Waals surface area contributed by atoms with Gasteiger partial charge in [-0.3, -0.25) is 13.5 Å². The Morgan fingerprint density at radius 2 is 0.980 bits per heavy atom. The zero-order valence-electron chi connectivity index (χ0n) is 26.3. The Labute approximate surface area is 281 Å². The highest BCUT2D eigenvalue weighted by atomic mass is 15.3. The first-order valence-corrected chi connectivity index (χ1v) is 16.4. The third-order valence-electron chi connectivity index (χ3n) is 9.24. The molecule has 6 aromatic carbocycles. The Morgan fingerprint density at radius 1 is 0.408 bits per heavy atom. The van der Waals surface area contributed by atoms with Crippen molar-refractivity contribution in [2.75, 3.05) is 0 Å². The van der Waals surface area contributed by atoms with E-state index >= 15 is 0 Å². The predicted octanol–water partition coefficient (Wildman–Crippen LogP) is 10.2. The molecule has 10 rings (SSSR count). The molecule has 10 aromatic rings. The first kappa shape index (κ1) is 27.3. The first-order chi connectivity index (χ1) is 24.3. The van der Waals surface area contributed by atoms with E-state index < -0.39 is 0 Å². The van der Waals surface area contributed by atoms with E-state index in [4.69, 9.17) is 15.0 Å². The summed E-state index contributed by atoms with van der Waals surface area (Å²) < 4.78 is 6.94. The molecule has 0 spiro atoms. The van der Waals surface area contributed by atoms with Gasteiger partial charge in [0.1, 0.15) is 5.52 Å². The summed E-state index contributed by atoms with van der Waals surface area (Å²) in [5.74, 6) is 1.55. The molecular weight excluding hydrogens is 601 g/mol. The van der Waals surface area contributed by atoms with Gasteiger partial charge in [-0.2, -0.15) is 0 Å². The van der Waals surface area contributed by atoms with Crippen molar-refractivity contribution in [2.45, 2.75) is 0 Å². The van der Waals surface area contributed by atoms with Gasteiger partial charge in [-0.15, -0.1) is 0 Å². The number of hydrogen-bond donors (Lipinski definition) is 0. The second kappa shape index (κ2) is 10.9. The molecule has 6 heteroatoms. The van der Waals surface area contributed by atoms with Crippen LogP contribution in [-0.4, -0.2) is 28.5 Å². The van der Waals surface area contributed by atoms with Crippen molar-refractivity contribution < 1.29 is 0 Å². The van der Waals surface area contributed by atoms with Crippen LogP contribution in [0.3, 0.4) is 0 Å². The molecule has 4 heterocycles. The topological polar surface area (TPSA) is 52.9 Å². The number of imidazole rings is 2. The van der Waals surface area contributed by atoms with E-state index in [9.17, 15) is 0 Å². The summed E-state index contributed by atoms with van der Waals surface area (Å²) in [6.45, 7) is 0. The number of nitrogens with zero attached hydrogens (tertiary/aromatic N) is 6. The molecule has 0 bridgehead atoms. The van der Waals surface area contributed by atoms with Gasteiger partial charge < -0.3 is 0 Å². The summed E-state index contributed by atoms with van der Waals surface area (Å²) in [6.07, 6.45) is 0. The van der Waals surface area contributed by atoms with E-state index in [-0.39, 0.29) is 0 Å². The van der Waals surface area contributed by atoms with Gasteiger partial charge in [-0.1, -0.05) is 121 Å². The Kier molecular flexibility index (Phi) is 6.08. The van der Waals surface area contributed by atoms with Crippen LogP contribution in [0, 0.1) is 0 Å². The zero-order valence-corrected chi connectivity index (χ0v) is 26.3. The molecule has 0 aliphatic rings. The van der Waals surface area contributed by atoms with Crippen molar-refractivity contribution in [3.8, 4) is 45.3 Å². The van der Waals surface area contributed by atoms with Gasteiger partial charge in [-0.05, 0) is 48.5 Å². The molecule has 0 saturated carbocycles. The fraction of sp³-hybridized carbons (Fsp3) is 0. The molecule has 0 unspecified atom stereocenters. The Morgan fingerprint density at radius 3 is 1.69 bits per heavy atom. The van der Waals surface area contributed by atoms with Crippen molar-refractivity contribution in [1.29, 1.82) is 0 Å². The highest BCUT2D eigenvalue weighted by Crippen LogP contribution is 2.39. The van der Waals surface area contributed by atoms with Gasteiger partial charge in [0.25, 0.3) is 0 Å². The van der Waals surface area contributed by atoms with Gasteiger partial charge in [-0.25, -0.2) is 15.0 Å². The first-order valence-electron chi connectivity index (χ1n) is 16.4. The normalized spacial score (nSPS) is 11.7. The summed E-state index contributed by atoms with van der Waals surface area (Å²) in [4.78, 5) is 15.4. The molecular formula is C43H28N6. The molecule has 0 saturated heterocycles. The van der Waals surface area contributed by atoms with Crippen molar-refractivity contribution >= 4 is 38.9 Å². The molecule has 0 amide bonds.